The highest BCUT2D eigenvalue weighted by atomic mass is 79.9. The minimum atomic E-state index is -0.607. The van der Waals surface area contributed by atoms with Gasteiger partial charge in [0, 0.05) is 33.1 Å². The van der Waals surface area contributed by atoms with Crippen molar-refractivity contribution in [3.8, 4) is 0 Å². The Balaban J connectivity index is 0.000000148. The van der Waals surface area contributed by atoms with Crippen LogP contribution in [0.4, 0.5) is 14.4 Å². The lowest BCUT2D eigenvalue weighted by Crippen LogP contribution is -2.47. The van der Waals surface area contributed by atoms with E-state index in [1.165, 1.54) is 12.7 Å². The van der Waals surface area contributed by atoms with Crippen molar-refractivity contribution in [2.75, 3.05) is 21.2 Å². The number of aromatic nitrogens is 6. The second-order valence-corrected chi connectivity index (χ2v) is 34.8. The predicted octanol–water partition coefficient (Wildman–Crippen LogP) is 14.7. The summed E-state index contributed by atoms with van der Waals surface area (Å²) in [6.45, 7) is 24.8. The number of methoxy groups -OCH3 is 1. The van der Waals surface area contributed by atoms with Crippen molar-refractivity contribution >= 4 is 89.8 Å². The van der Waals surface area contributed by atoms with E-state index >= 15 is 0 Å². The Hall–Kier alpha value is -8.40. The molecule has 6 heterocycles. The average molecular weight is 1650 g/mol. The second-order valence-electron chi connectivity index (χ2n) is 32.0. The number of halogens is 3. The number of nitrogens with two attached hydrogens (primary N) is 1. The molecule has 3 aliphatic heterocycles. The number of carbonyl (C=O) groups excluding carboxylic acids is 7. The molecule has 6 amide bonds. The van der Waals surface area contributed by atoms with Crippen molar-refractivity contribution in [3.05, 3.63) is 191 Å². The molecule has 4 saturated carbocycles. The van der Waals surface area contributed by atoms with Crippen molar-refractivity contribution in [2.45, 2.75) is 231 Å². The maximum atomic E-state index is 13.6. The maximum Gasteiger partial charge on any atom is 0.410 e. The zero-order valence-electron chi connectivity index (χ0n) is 63.2. The predicted molar refractivity (Wildman–Crippen MR) is 410 cm³/mol. The number of ether oxygens (including phenoxy) is 4. The lowest BCUT2D eigenvalue weighted by atomic mass is 9.99. The molecule has 0 spiro atoms. The topological polar surface area (TPSA) is 264 Å². The van der Waals surface area contributed by atoms with Crippen LogP contribution in [0.25, 0.3) is 0 Å². The zero-order valence-corrected chi connectivity index (χ0v) is 68.0. The van der Waals surface area contributed by atoms with E-state index in [1.54, 1.807) is 62.1 Å². The normalized spacial score (nSPS) is 19.3. The second kappa shape index (κ2) is 30.3. The Labute approximate surface area is 645 Å². The standard InChI is InChI=1S/C25H32N4O5.C23H29BrN4O3.C22H27BrN4O3.C9H10BrN/c1-16-14-29-20(15-28(16)23(32)34-24(2,3)4)19(13-26-29)21(30)27(5)25(10-11-25)18-9-7-8-17(12-18)22(31)33-6;1-15-13-28-19(14-27(15)21(30)31-22(2,3)4)18(12-25-28)20(29)26(5)23(9-10-23)16-7-6-8-17(24)11-16;1-14-12-27-18(13-26(14)20(29)30-21(2,3)4)17(11-24-27)19(28)25-22(8-9-22)15-6-5-7-16(23)10-15;10-8-3-1-2-7(6-8)9(11)4-5-9/h7-9,12-13,16H,10-11,14-15H2,1-6H3;6-8,11-12,15H,9-10,13-14H2,1-5H3;5-7,10-11,14H,8-9,12-13H2,1-4H3,(H,25,28);1-3,6H,4-5,11H2. The summed E-state index contributed by atoms with van der Waals surface area (Å²) in [5, 5.41) is 16.5. The van der Waals surface area contributed by atoms with E-state index in [0.717, 1.165) is 92.9 Å². The van der Waals surface area contributed by atoms with Crippen molar-refractivity contribution in [3.63, 3.8) is 0 Å². The van der Waals surface area contributed by atoms with Crippen LogP contribution >= 0.6 is 47.8 Å². The summed E-state index contributed by atoms with van der Waals surface area (Å²) in [6, 6.07) is 31.4. The van der Waals surface area contributed by atoms with E-state index in [4.69, 9.17) is 24.7 Å². The molecular weight excluding hydrogens is 1550 g/mol. The fourth-order valence-electron chi connectivity index (χ4n) is 13.8. The lowest BCUT2D eigenvalue weighted by molar-refractivity contribution is 0.00789. The highest BCUT2D eigenvalue weighted by Crippen LogP contribution is 2.53. The first kappa shape index (κ1) is 78.7. The van der Waals surface area contributed by atoms with Gasteiger partial charge in [0.25, 0.3) is 17.7 Å². The van der Waals surface area contributed by atoms with E-state index in [2.05, 4.69) is 92.7 Å². The molecule has 3 N–H and O–H groups in total. The van der Waals surface area contributed by atoms with Gasteiger partial charge in [-0.05, 0) is 205 Å². The minimum Gasteiger partial charge on any atom is -0.465 e. The Morgan fingerprint density at radius 2 is 0.821 bits per heavy atom. The van der Waals surface area contributed by atoms with Gasteiger partial charge in [0.15, 0.2) is 0 Å². The summed E-state index contributed by atoms with van der Waals surface area (Å²) in [5.41, 5.74) is 11.7. The van der Waals surface area contributed by atoms with Crippen LogP contribution in [0.1, 0.15) is 215 Å². The molecular formula is C79H98Br3N13O11. The number of nitrogens with zero attached hydrogens (tertiary/aromatic N) is 11. The van der Waals surface area contributed by atoms with Crippen LogP contribution in [0.5, 0.6) is 0 Å². The van der Waals surface area contributed by atoms with E-state index in [1.807, 2.05) is 165 Å². The molecule has 0 radical (unpaired) electrons. The molecule has 3 unspecified atom stereocenters. The fourth-order valence-corrected chi connectivity index (χ4v) is 15.0. The van der Waals surface area contributed by atoms with Gasteiger partial charge in [0.05, 0.1) is 139 Å². The molecule has 4 aromatic carbocycles. The van der Waals surface area contributed by atoms with Crippen LogP contribution < -0.4 is 11.1 Å². The molecule has 7 aliphatic rings. The molecule has 24 nitrogen and oxygen atoms in total. The van der Waals surface area contributed by atoms with Gasteiger partial charge in [-0.3, -0.25) is 43.1 Å². The van der Waals surface area contributed by atoms with Crippen molar-refractivity contribution in [1.82, 2.24) is 59.2 Å². The van der Waals surface area contributed by atoms with Crippen LogP contribution in [0, 0.1) is 0 Å². The summed E-state index contributed by atoms with van der Waals surface area (Å²) in [7, 11) is 4.99. The van der Waals surface area contributed by atoms with E-state index in [0.29, 0.717) is 60.7 Å². The van der Waals surface area contributed by atoms with Crippen LogP contribution in [0.2, 0.25) is 0 Å². The number of esters is 1. The van der Waals surface area contributed by atoms with Gasteiger partial charge in [0.2, 0.25) is 0 Å². The number of nitrogens with one attached hydrogen (secondary N) is 1. The molecule has 566 valence electrons. The summed E-state index contributed by atoms with van der Waals surface area (Å²) in [5.74, 6) is -0.806. The summed E-state index contributed by atoms with van der Waals surface area (Å²) in [6.07, 6.45) is 11.2. The first-order chi connectivity index (χ1) is 49.8. The third kappa shape index (κ3) is 17.6. The fraction of sp³-hybridized carbons (Fsp3) is 0.494. The number of hydrogen-bond donors (Lipinski definition) is 2. The number of carbonyl (C=O) groups is 7. The number of fused-ring (bicyclic) bond motifs is 3. The highest BCUT2D eigenvalue weighted by molar-refractivity contribution is 9.11. The number of benzene rings is 4. The van der Waals surface area contributed by atoms with Gasteiger partial charge in [0.1, 0.15) is 16.8 Å². The van der Waals surface area contributed by atoms with E-state index < -0.39 is 34.4 Å². The molecule has 3 aromatic heterocycles. The SMILES string of the molecule is CC1Cn2ncc(C(=O)N(C)C3(c4cccc(Br)c4)CC3)c2CN1C(=O)OC(C)(C)C.CC1Cn2ncc(C(=O)NC3(c4cccc(Br)c4)CC3)c2CN1C(=O)OC(C)(C)C.COC(=O)c1cccc(C2(N(C)C(=O)c3cnn4c3CN(C(=O)OC(C)(C)C)C(C)C4)CC2)c1.NC1(c2cccc(Br)c2)CC1. The molecule has 27 heteroatoms. The van der Waals surface area contributed by atoms with Gasteiger partial charge < -0.3 is 39.8 Å². The molecule has 3 atom stereocenters. The smallest absolute Gasteiger partial charge is 0.410 e. The monoisotopic (exact) mass is 1640 g/mol. The van der Waals surface area contributed by atoms with Gasteiger partial charge >= 0.3 is 24.2 Å². The van der Waals surface area contributed by atoms with Gasteiger partial charge in [-0.1, -0.05) is 96.3 Å². The van der Waals surface area contributed by atoms with Gasteiger partial charge in [-0.25, -0.2) is 19.2 Å². The van der Waals surface area contributed by atoms with Crippen LogP contribution in [0.3, 0.4) is 0 Å². The van der Waals surface area contributed by atoms with Crippen molar-refractivity contribution in [1.29, 1.82) is 0 Å². The molecule has 4 aliphatic carbocycles. The molecule has 14 rings (SSSR count). The van der Waals surface area contributed by atoms with Crippen LogP contribution in [-0.4, -0.2) is 152 Å². The first-order valence-corrected chi connectivity index (χ1v) is 38.4. The van der Waals surface area contributed by atoms with Crippen LogP contribution in [0.15, 0.2) is 129 Å². The molecule has 0 saturated heterocycles. The summed E-state index contributed by atoms with van der Waals surface area (Å²) in [4.78, 5) is 99.1. The Morgan fingerprint density at radius 1 is 0.481 bits per heavy atom. The molecule has 0 bridgehead atoms. The Bertz CT molecular complexity index is 4490. The van der Waals surface area contributed by atoms with E-state index in [9.17, 15) is 33.6 Å². The minimum absolute atomic E-state index is 0.00375. The van der Waals surface area contributed by atoms with E-state index in [-0.39, 0.29) is 71.2 Å². The maximum absolute atomic E-state index is 13.6. The largest absolute Gasteiger partial charge is 0.465 e. The Morgan fingerprint density at radius 3 is 1.18 bits per heavy atom. The molecule has 7 aromatic rings. The average Bonchev–Trinajstić information content (AvgIpc) is 1.59. The van der Waals surface area contributed by atoms with Gasteiger partial charge in [-0.2, -0.15) is 15.3 Å². The van der Waals surface area contributed by atoms with Crippen molar-refractivity contribution in [2.24, 2.45) is 5.73 Å². The third-order valence-corrected chi connectivity index (χ3v) is 22.0. The van der Waals surface area contributed by atoms with Crippen LogP contribution in [-0.2, 0) is 80.4 Å². The van der Waals surface area contributed by atoms with Gasteiger partial charge in [-0.15, -0.1) is 0 Å². The molecule has 106 heavy (non-hydrogen) atoms. The molecule has 4 fully saturated rings. The number of hydrogen-bond acceptors (Lipinski definition) is 15. The lowest BCUT2D eigenvalue weighted by Gasteiger charge is -2.36. The zero-order chi connectivity index (χ0) is 77.0. The quantitative estimate of drug-likeness (QED) is 0.0901. The highest BCUT2D eigenvalue weighted by Gasteiger charge is 2.53. The summed E-state index contributed by atoms with van der Waals surface area (Å²) >= 11 is 10.5. The number of rotatable bonds is 11. The first-order valence-electron chi connectivity index (χ1n) is 36.0. The summed E-state index contributed by atoms with van der Waals surface area (Å²) < 4.78 is 30.1. The third-order valence-electron chi connectivity index (χ3n) is 20.5. The van der Waals surface area contributed by atoms with Crippen molar-refractivity contribution < 1.29 is 52.5 Å². The Kier molecular flexibility index (Phi) is 22.5. The number of amides is 6.